The van der Waals surface area contributed by atoms with Crippen molar-refractivity contribution >= 4 is 11.4 Å². The van der Waals surface area contributed by atoms with Crippen molar-refractivity contribution in [2.24, 2.45) is 0 Å². The Morgan fingerprint density at radius 1 is 0.960 bits per heavy atom. The minimum Gasteiger partial charge on any atom is -0.488 e. The van der Waals surface area contributed by atoms with Crippen molar-refractivity contribution in [3.05, 3.63) is 73.8 Å². The van der Waals surface area contributed by atoms with Crippen LogP contribution in [0.25, 0.3) is 0 Å². The number of hydrogen-bond donors (Lipinski definition) is 0. The van der Waals surface area contributed by atoms with E-state index in [0.29, 0.717) is 24.5 Å². The predicted molar refractivity (Wildman–Crippen MR) is 85.2 cm³/mol. The largest absolute Gasteiger partial charge is 0.488 e. The van der Waals surface area contributed by atoms with Crippen LogP contribution in [0.1, 0.15) is 17.4 Å². The second-order valence-corrected chi connectivity index (χ2v) is 5.26. The lowest BCUT2D eigenvalue weighted by molar-refractivity contribution is -0.385. The molecule has 9 nitrogen and oxygen atoms in total. The molecule has 3 rings (SSSR count). The summed E-state index contributed by atoms with van der Waals surface area (Å²) in [6.45, 7) is 0.944. The number of benzene rings is 2. The van der Waals surface area contributed by atoms with Crippen LogP contribution in [0, 0.1) is 20.2 Å². The molecular weight excluding hydrogens is 332 g/mol. The van der Waals surface area contributed by atoms with Crippen molar-refractivity contribution in [3.8, 4) is 5.75 Å². The maximum absolute atomic E-state index is 11.0. The third-order valence-corrected chi connectivity index (χ3v) is 3.62. The van der Waals surface area contributed by atoms with Crippen molar-refractivity contribution in [1.29, 1.82) is 0 Å². The number of nitrogens with zero attached hydrogens (tertiary/aromatic N) is 2. The second kappa shape index (κ2) is 7.24. The van der Waals surface area contributed by atoms with Gasteiger partial charge in [-0.1, -0.05) is 0 Å². The summed E-state index contributed by atoms with van der Waals surface area (Å²) in [5.74, 6) is 0.399. The van der Waals surface area contributed by atoms with E-state index in [2.05, 4.69) is 0 Å². The van der Waals surface area contributed by atoms with E-state index in [1.807, 2.05) is 0 Å². The van der Waals surface area contributed by atoms with Crippen LogP contribution in [0.15, 0.2) is 42.5 Å². The monoisotopic (exact) mass is 346 g/mol. The first-order chi connectivity index (χ1) is 12.0. The number of hydrogen-bond acceptors (Lipinski definition) is 7. The van der Waals surface area contributed by atoms with Crippen LogP contribution in [0.5, 0.6) is 5.75 Å². The average Bonchev–Trinajstić information content (AvgIpc) is 3.14. The number of nitro groups is 2. The van der Waals surface area contributed by atoms with Crippen LogP contribution in [0.3, 0.4) is 0 Å². The summed E-state index contributed by atoms with van der Waals surface area (Å²) in [4.78, 5) is 20.7. The molecule has 0 amide bonds. The molecule has 2 aromatic rings. The molecule has 1 saturated heterocycles. The van der Waals surface area contributed by atoms with Gasteiger partial charge in [0.2, 0.25) is 0 Å². The lowest BCUT2D eigenvalue weighted by Gasteiger charge is -2.15. The standard InChI is InChI=1S/C16H14N2O7/c19-17(20)12-3-1-11(2-4-12)10-25-15-6-5-13(18(21)22)9-14(15)16-23-7-8-24-16/h1-6,9,16H,7-8,10H2. The van der Waals surface area contributed by atoms with Crippen LogP contribution in [0.4, 0.5) is 11.4 Å². The van der Waals surface area contributed by atoms with Crippen LogP contribution < -0.4 is 4.74 Å². The third-order valence-electron chi connectivity index (χ3n) is 3.62. The molecule has 1 aliphatic heterocycles. The Morgan fingerprint density at radius 3 is 2.16 bits per heavy atom. The van der Waals surface area contributed by atoms with Gasteiger partial charge in [-0.2, -0.15) is 0 Å². The van der Waals surface area contributed by atoms with Gasteiger partial charge in [-0.25, -0.2) is 0 Å². The quantitative estimate of drug-likeness (QED) is 0.583. The van der Waals surface area contributed by atoms with E-state index in [9.17, 15) is 20.2 Å². The molecule has 0 unspecified atom stereocenters. The first kappa shape index (κ1) is 16.8. The zero-order chi connectivity index (χ0) is 17.8. The van der Waals surface area contributed by atoms with Crippen molar-refractivity contribution in [1.82, 2.24) is 0 Å². The highest BCUT2D eigenvalue weighted by Crippen LogP contribution is 2.34. The molecule has 1 aliphatic rings. The third kappa shape index (κ3) is 3.90. The van der Waals surface area contributed by atoms with Crippen molar-refractivity contribution in [2.75, 3.05) is 13.2 Å². The Balaban J connectivity index is 1.78. The lowest BCUT2D eigenvalue weighted by Crippen LogP contribution is -2.05. The fraction of sp³-hybridized carbons (Fsp3) is 0.250. The van der Waals surface area contributed by atoms with Crippen LogP contribution in [0.2, 0.25) is 0 Å². The van der Waals surface area contributed by atoms with Crippen molar-refractivity contribution in [2.45, 2.75) is 12.9 Å². The molecule has 0 saturated carbocycles. The molecule has 0 atom stereocenters. The van der Waals surface area contributed by atoms with Gasteiger partial charge in [0.1, 0.15) is 12.4 Å². The van der Waals surface area contributed by atoms with E-state index in [-0.39, 0.29) is 18.0 Å². The van der Waals surface area contributed by atoms with Gasteiger partial charge in [0.25, 0.3) is 11.4 Å². The van der Waals surface area contributed by atoms with Gasteiger partial charge in [0, 0.05) is 24.3 Å². The van der Waals surface area contributed by atoms with E-state index in [1.165, 1.54) is 30.3 Å². The van der Waals surface area contributed by atoms with Crippen LogP contribution in [-0.4, -0.2) is 23.1 Å². The minimum absolute atomic E-state index is 0.00692. The Kier molecular flexibility index (Phi) is 4.87. The molecule has 0 aliphatic carbocycles. The van der Waals surface area contributed by atoms with E-state index in [4.69, 9.17) is 14.2 Å². The number of non-ortho nitro benzene ring substituents is 2. The summed E-state index contributed by atoms with van der Waals surface area (Å²) < 4.78 is 16.5. The summed E-state index contributed by atoms with van der Waals surface area (Å²) in [5, 5.41) is 21.6. The maximum atomic E-state index is 11.0. The first-order valence-corrected chi connectivity index (χ1v) is 7.42. The Morgan fingerprint density at radius 2 is 1.56 bits per heavy atom. The zero-order valence-corrected chi connectivity index (χ0v) is 13.0. The average molecular weight is 346 g/mol. The van der Waals surface area contributed by atoms with Gasteiger partial charge in [-0.3, -0.25) is 20.2 Å². The topological polar surface area (TPSA) is 114 Å². The zero-order valence-electron chi connectivity index (χ0n) is 13.0. The first-order valence-electron chi connectivity index (χ1n) is 7.42. The normalized spacial score (nSPS) is 14.4. The number of rotatable bonds is 6. The van der Waals surface area contributed by atoms with Gasteiger partial charge in [-0.15, -0.1) is 0 Å². The molecule has 1 heterocycles. The van der Waals surface area contributed by atoms with E-state index >= 15 is 0 Å². The molecule has 2 aromatic carbocycles. The Hall–Kier alpha value is -3.04. The van der Waals surface area contributed by atoms with E-state index < -0.39 is 16.1 Å². The molecule has 1 fully saturated rings. The molecular formula is C16H14N2O7. The van der Waals surface area contributed by atoms with E-state index in [1.54, 1.807) is 12.1 Å². The Labute approximate surface area is 142 Å². The number of ether oxygens (including phenoxy) is 3. The predicted octanol–water partition coefficient (Wildman–Crippen LogP) is 3.13. The molecule has 0 aromatic heterocycles. The Bertz CT molecular complexity index is 786. The van der Waals surface area contributed by atoms with Crippen LogP contribution in [-0.2, 0) is 16.1 Å². The second-order valence-electron chi connectivity index (χ2n) is 5.26. The molecule has 25 heavy (non-hydrogen) atoms. The van der Waals surface area contributed by atoms with Crippen molar-refractivity contribution in [3.63, 3.8) is 0 Å². The lowest BCUT2D eigenvalue weighted by atomic mass is 10.1. The van der Waals surface area contributed by atoms with Crippen LogP contribution >= 0.6 is 0 Å². The van der Waals surface area contributed by atoms with E-state index in [0.717, 1.165) is 5.56 Å². The summed E-state index contributed by atoms with van der Waals surface area (Å²) in [6, 6.07) is 10.1. The molecule has 0 bridgehead atoms. The van der Waals surface area contributed by atoms with Gasteiger partial charge >= 0.3 is 0 Å². The fourth-order valence-electron chi connectivity index (χ4n) is 2.38. The minimum atomic E-state index is -0.716. The van der Waals surface area contributed by atoms with Gasteiger partial charge in [0.05, 0.1) is 28.6 Å². The highest BCUT2D eigenvalue weighted by atomic mass is 16.7. The van der Waals surface area contributed by atoms with Gasteiger partial charge in [-0.05, 0) is 23.8 Å². The summed E-state index contributed by atoms with van der Waals surface area (Å²) in [7, 11) is 0. The number of nitro benzene ring substituents is 2. The van der Waals surface area contributed by atoms with Gasteiger partial charge < -0.3 is 14.2 Å². The molecule has 0 spiro atoms. The van der Waals surface area contributed by atoms with Gasteiger partial charge in [0.15, 0.2) is 6.29 Å². The van der Waals surface area contributed by atoms with Crippen molar-refractivity contribution < 1.29 is 24.1 Å². The highest BCUT2D eigenvalue weighted by Gasteiger charge is 2.25. The maximum Gasteiger partial charge on any atom is 0.270 e. The molecule has 0 N–H and O–H groups in total. The molecule has 130 valence electrons. The highest BCUT2D eigenvalue weighted by molar-refractivity contribution is 5.45. The smallest absolute Gasteiger partial charge is 0.270 e. The molecule has 0 radical (unpaired) electrons. The SMILES string of the molecule is O=[N+]([O-])c1ccc(COc2ccc([N+](=O)[O-])cc2C2OCCO2)cc1. The summed E-state index contributed by atoms with van der Waals surface area (Å²) in [5.41, 5.74) is 1.07. The molecule has 9 heteroatoms. The summed E-state index contributed by atoms with van der Waals surface area (Å²) in [6.07, 6.45) is -0.716. The fourth-order valence-corrected chi connectivity index (χ4v) is 2.38. The summed E-state index contributed by atoms with van der Waals surface area (Å²) >= 11 is 0.